The quantitative estimate of drug-likeness (QED) is 0.819. The molecule has 2 rings (SSSR count). The van der Waals surface area contributed by atoms with E-state index in [1.165, 1.54) is 12.8 Å². The van der Waals surface area contributed by atoms with Crippen molar-refractivity contribution in [1.82, 2.24) is 15.1 Å². The lowest BCUT2D eigenvalue weighted by Gasteiger charge is -2.31. The summed E-state index contributed by atoms with van der Waals surface area (Å²) in [7, 11) is 2.11. The zero-order chi connectivity index (χ0) is 12.3. The molecule has 0 atom stereocenters. The van der Waals surface area contributed by atoms with Gasteiger partial charge in [0.2, 0.25) is 0 Å². The summed E-state index contributed by atoms with van der Waals surface area (Å²) in [5.74, 6) is 0. The van der Waals surface area contributed by atoms with Crippen molar-refractivity contribution in [3.05, 3.63) is 17.5 Å². The number of aryl methyl sites for hydroxylation is 1. The van der Waals surface area contributed by atoms with Crippen LogP contribution in [0.25, 0.3) is 0 Å². The maximum atomic E-state index is 9.59. The molecule has 4 heteroatoms. The highest BCUT2D eigenvalue weighted by Gasteiger charge is 2.34. The molecular formula is C13H23N3O. The van der Waals surface area contributed by atoms with Crippen LogP contribution >= 0.6 is 0 Å². The molecule has 1 fully saturated rings. The second kappa shape index (κ2) is 5.19. The van der Waals surface area contributed by atoms with Crippen molar-refractivity contribution in [3.63, 3.8) is 0 Å². The minimum Gasteiger partial charge on any atom is -0.396 e. The van der Waals surface area contributed by atoms with E-state index in [1.54, 1.807) is 0 Å². The first-order chi connectivity index (χ1) is 8.13. The number of aromatic nitrogens is 2. The molecule has 0 bridgehead atoms. The molecule has 1 heterocycles. The summed E-state index contributed by atoms with van der Waals surface area (Å²) in [6.45, 7) is 4.15. The van der Waals surface area contributed by atoms with Gasteiger partial charge in [-0.25, -0.2) is 0 Å². The van der Waals surface area contributed by atoms with E-state index < -0.39 is 0 Å². The molecule has 2 N–H and O–H groups in total. The standard InChI is InChI=1S/C13H23N3O/c1-11-7-12(15-14-11)8-16(2)9-13(10-17)5-3-4-6-13/h7,17H,3-6,8-10H2,1-2H3,(H,14,15). The Hall–Kier alpha value is -0.870. The van der Waals surface area contributed by atoms with E-state index in [4.69, 9.17) is 0 Å². The molecule has 0 spiro atoms. The van der Waals surface area contributed by atoms with Crippen LogP contribution in [0.1, 0.15) is 37.1 Å². The van der Waals surface area contributed by atoms with Gasteiger partial charge in [0.25, 0.3) is 0 Å². The number of hydrogen-bond donors (Lipinski definition) is 2. The fraction of sp³-hybridized carbons (Fsp3) is 0.769. The number of aromatic amines is 1. The van der Waals surface area contributed by atoms with Gasteiger partial charge in [0.1, 0.15) is 0 Å². The van der Waals surface area contributed by atoms with Crippen LogP contribution in [0.4, 0.5) is 0 Å². The van der Waals surface area contributed by atoms with Crippen molar-refractivity contribution in [2.24, 2.45) is 5.41 Å². The fourth-order valence-corrected chi connectivity index (χ4v) is 2.95. The Morgan fingerprint density at radius 3 is 2.71 bits per heavy atom. The average Bonchev–Trinajstić information content (AvgIpc) is 2.89. The van der Waals surface area contributed by atoms with Crippen molar-refractivity contribution in [1.29, 1.82) is 0 Å². The Morgan fingerprint density at radius 1 is 1.47 bits per heavy atom. The summed E-state index contributed by atoms with van der Waals surface area (Å²) >= 11 is 0. The molecule has 0 aromatic carbocycles. The van der Waals surface area contributed by atoms with E-state index >= 15 is 0 Å². The molecule has 0 radical (unpaired) electrons. The first-order valence-electron chi connectivity index (χ1n) is 6.44. The highest BCUT2D eigenvalue weighted by Crippen LogP contribution is 2.38. The van der Waals surface area contributed by atoms with Gasteiger partial charge in [-0.15, -0.1) is 0 Å². The first kappa shape index (κ1) is 12.6. The van der Waals surface area contributed by atoms with E-state index in [2.05, 4.69) is 28.2 Å². The lowest BCUT2D eigenvalue weighted by atomic mass is 9.86. The van der Waals surface area contributed by atoms with Crippen molar-refractivity contribution < 1.29 is 5.11 Å². The molecule has 1 aliphatic carbocycles. The van der Waals surface area contributed by atoms with Crippen LogP contribution < -0.4 is 0 Å². The minimum atomic E-state index is 0.139. The van der Waals surface area contributed by atoms with Crippen molar-refractivity contribution >= 4 is 0 Å². The largest absolute Gasteiger partial charge is 0.396 e. The van der Waals surface area contributed by atoms with Crippen LogP contribution in [0, 0.1) is 12.3 Å². The van der Waals surface area contributed by atoms with Gasteiger partial charge >= 0.3 is 0 Å². The Morgan fingerprint density at radius 2 is 2.18 bits per heavy atom. The van der Waals surface area contributed by atoms with E-state index in [0.29, 0.717) is 6.61 Å². The number of nitrogens with one attached hydrogen (secondary N) is 1. The number of rotatable bonds is 5. The highest BCUT2D eigenvalue weighted by atomic mass is 16.3. The molecule has 96 valence electrons. The summed E-state index contributed by atoms with van der Waals surface area (Å²) in [5, 5.41) is 16.8. The highest BCUT2D eigenvalue weighted by molar-refractivity contribution is 5.06. The van der Waals surface area contributed by atoms with Crippen molar-refractivity contribution in [2.75, 3.05) is 20.2 Å². The van der Waals surface area contributed by atoms with Crippen LogP contribution in [0.3, 0.4) is 0 Å². The molecule has 1 saturated carbocycles. The third-order valence-electron chi connectivity index (χ3n) is 3.80. The molecule has 1 aliphatic rings. The average molecular weight is 237 g/mol. The van der Waals surface area contributed by atoms with Gasteiger partial charge in [-0.05, 0) is 32.9 Å². The maximum absolute atomic E-state index is 9.59. The molecule has 0 amide bonds. The zero-order valence-corrected chi connectivity index (χ0v) is 10.9. The SMILES string of the molecule is Cc1cc(CN(C)CC2(CO)CCCC2)n[nH]1. The molecule has 1 aromatic rings. The van der Waals surface area contributed by atoms with Gasteiger partial charge in [-0.1, -0.05) is 12.8 Å². The predicted molar refractivity (Wildman–Crippen MR) is 67.6 cm³/mol. The van der Waals surface area contributed by atoms with Crippen molar-refractivity contribution in [3.8, 4) is 0 Å². The van der Waals surface area contributed by atoms with Gasteiger partial charge in [0, 0.05) is 30.8 Å². The predicted octanol–water partition coefficient (Wildman–Crippen LogP) is 1.70. The second-order valence-corrected chi connectivity index (χ2v) is 5.58. The lowest BCUT2D eigenvalue weighted by Crippen LogP contribution is -2.36. The van der Waals surface area contributed by atoms with Gasteiger partial charge in [-0.3, -0.25) is 10.00 Å². The Labute approximate surface area is 103 Å². The van der Waals surface area contributed by atoms with Crippen LogP contribution in [-0.4, -0.2) is 40.4 Å². The van der Waals surface area contributed by atoms with E-state index in [9.17, 15) is 5.11 Å². The van der Waals surface area contributed by atoms with Crippen LogP contribution in [0.2, 0.25) is 0 Å². The number of nitrogens with zero attached hydrogens (tertiary/aromatic N) is 2. The summed E-state index contributed by atoms with van der Waals surface area (Å²) in [4.78, 5) is 2.27. The number of aliphatic hydroxyl groups excluding tert-OH is 1. The van der Waals surface area contributed by atoms with Gasteiger partial charge < -0.3 is 5.11 Å². The molecule has 0 aliphatic heterocycles. The summed E-state index contributed by atoms with van der Waals surface area (Å²) in [6.07, 6.45) is 4.84. The van der Waals surface area contributed by atoms with Gasteiger partial charge in [-0.2, -0.15) is 5.10 Å². The van der Waals surface area contributed by atoms with E-state index in [0.717, 1.165) is 37.3 Å². The first-order valence-corrected chi connectivity index (χ1v) is 6.44. The molecule has 0 saturated heterocycles. The molecule has 4 nitrogen and oxygen atoms in total. The molecule has 17 heavy (non-hydrogen) atoms. The summed E-state index contributed by atoms with van der Waals surface area (Å²) in [5.41, 5.74) is 2.32. The monoisotopic (exact) mass is 237 g/mol. The van der Waals surface area contributed by atoms with Crippen LogP contribution in [0.5, 0.6) is 0 Å². The van der Waals surface area contributed by atoms with Crippen molar-refractivity contribution in [2.45, 2.75) is 39.2 Å². The number of aliphatic hydroxyl groups is 1. The third kappa shape index (κ3) is 3.07. The zero-order valence-electron chi connectivity index (χ0n) is 10.9. The smallest absolute Gasteiger partial charge is 0.0764 e. The number of H-pyrrole nitrogens is 1. The van der Waals surface area contributed by atoms with E-state index in [1.807, 2.05) is 6.92 Å². The maximum Gasteiger partial charge on any atom is 0.0764 e. The summed E-state index contributed by atoms with van der Waals surface area (Å²) < 4.78 is 0. The van der Waals surface area contributed by atoms with Gasteiger partial charge in [0.05, 0.1) is 5.69 Å². The van der Waals surface area contributed by atoms with Crippen LogP contribution in [0.15, 0.2) is 6.07 Å². The van der Waals surface area contributed by atoms with Gasteiger partial charge in [0.15, 0.2) is 0 Å². The fourth-order valence-electron chi connectivity index (χ4n) is 2.95. The van der Waals surface area contributed by atoms with Crippen LogP contribution in [-0.2, 0) is 6.54 Å². The molecule has 0 unspecified atom stereocenters. The normalized spacial score (nSPS) is 19.1. The molecule has 1 aromatic heterocycles. The second-order valence-electron chi connectivity index (χ2n) is 5.58. The lowest BCUT2D eigenvalue weighted by molar-refractivity contribution is 0.0859. The number of hydrogen-bond acceptors (Lipinski definition) is 3. The summed E-state index contributed by atoms with van der Waals surface area (Å²) in [6, 6.07) is 2.08. The Balaban J connectivity index is 1.90. The third-order valence-corrected chi connectivity index (χ3v) is 3.80. The Bertz CT molecular complexity index is 355. The Kier molecular flexibility index (Phi) is 3.84. The minimum absolute atomic E-state index is 0.139. The van der Waals surface area contributed by atoms with E-state index in [-0.39, 0.29) is 5.41 Å². The molecular weight excluding hydrogens is 214 g/mol. The topological polar surface area (TPSA) is 52.1 Å².